The first-order chi connectivity index (χ1) is 10.1. The summed E-state index contributed by atoms with van der Waals surface area (Å²) < 4.78 is 6.16. The zero-order chi connectivity index (χ0) is 15.1. The molecule has 0 bridgehead atoms. The average Bonchev–Trinajstić information content (AvgIpc) is 2.48. The van der Waals surface area contributed by atoms with Crippen LogP contribution in [0.1, 0.15) is 5.56 Å². The van der Waals surface area contributed by atoms with E-state index in [4.69, 9.17) is 16.3 Å². The van der Waals surface area contributed by atoms with Crippen LogP contribution in [0.2, 0.25) is 5.02 Å². The van der Waals surface area contributed by atoms with Crippen LogP contribution < -0.4 is 10.2 Å². The minimum atomic E-state index is -0.337. The summed E-state index contributed by atoms with van der Waals surface area (Å²) in [6, 6.07) is 14.4. The van der Waals surface area contributed by atoms with Gasteiger partial charge in [0.05, 0.1) is 10.7 Å². The SMILES string of the molecule is O=C(COc1ccccc1Br)NN=Cc1ccc(Cl)cc1. The molecule has 0 atom stereocenters. The van der Waals surface area contributed by atoms with Crippen LogP contribution >= 0.6 is 27.5 Å². The zero-order valence-electron chi connectivity index (χ0n) is 10.9. The van der Waals surface area contributed by atoms with Crippen molar-refractivity contribution in [3.05, 3.63) is 63.6 Å². The first-order valence-electron chi connectivity index (χ1n) is 6.10. The molecule has 1 amide bonds. The van der Waals surface area contributed by atoms with Crippen molar-refractivity contribution in [3.63, 3.8) is 0 Å². The fourth-order valence-corrected chi connectivity index (χ4v) is 1.99. The van der Waals surface area contributed by atoms with E-state index in [-0.39, 0.29) is 12.5 Å². The highest BCUT2D eigenvalue weighted by atomic mass is 79.9. The number of amides is 1. The van der Waals surface area contributed by atoms with Gasteiger partial charge in [-0.2, -0.15) is 5.10 Å². The number of benzene rings is 2. The van der Waals surface area contributed by atoms with Gasteiger partial charge in [-0.1, -0.05) is 35.9 Å². The Bertz CT molecular complexity index is 644. The zero-order valence-corrected chi connectivity index (χ0v) is 13.3. The van der Waals surface area contributed by atoms with Crippen LogP contribution in [-0.2, 0) is 4.79 Å². The van der Waals surface area contributed by atoms with Crippen LogP contribution in [0.5, 0.6) is 5.75 Å². The molecule has 2 aromatic rings. The molecule has 2 aromatic carbocycles. The second-order valence-corrected chi connectivity index (χ2v) is 5.35. The van der Waals surface area contributed by atoms with Gasteiger partial charge in [-0.25, -0.2) is 5.43 Å². The summed E-state index contributed by atoms with van der Waals surface area (Å²) in [7, 11) is 0. The van der Waals surface area contributed by atoms with Crippen LogP contribution in [-0.4, -0.2) is 18.7 Å². The van der Waals surface area contributed by atoms with Crippen LogP contribution in [0.25, 0.3) is 0 Å². The minimum absolute atomic E-state index is 0.111. The van der Waals surface area contributed by atoms with Gasteiger partial charge in [-0.15, -0.1) is 0 Å². The van der Waals surface area contributed by atoms with Crippen molar-refractivity contribution in [1.82, 2.24) is 5.43 Å². The third-order valence-corrected chi connectivity index (χ3v) is 3.38. The highest BCUT2D eigenvalue weighted by Gasteiger charge is 2.03. The maximum absolute atomic E-state index is 11.6. The van der Waals surface area contributed by atoms with E-state index in [1.807, 2.05) is 18.2 Å². The number of carbonyl (C=O) groups excluding carboxylic acids is 1. The molecule has 6 heteroatoms. The average molecular weight is 368 g/mol. The second-order valence-electron chi connectivity index (χ2n) is 4.06. The van der Waals surface area contributed by atoms with E-state index in [0.717, 1.165) is 10.0 Å². The molecule has 0 fully saturated rings. The normalized spacial score (nSPS) is 10.6. The van der Waals surface area contributed by atoms with E-state index < -0.39 is 0 Å². The predicted molar refractivity (Wildman–Crippen MR) is 86.8 cm³/mol. The number of halogens is 2. The van der Waals surface area contributed by atoms with Crippen molar-refractivity contribution in [3.8, 4) is 5.75 Å². The Balaban J connectivity index is 1.80. The molecule has 0 aliphatic carbocycles. The maximum atomic E-state index is 11.6. The van der Waals surface area contributed by atoms with E-state index in [1.54, 1.807) is 30.3 Å². The van der Waals surface area contributed by atoms with Gasteiger partial charge in [0.1, 0.15) is 5.75 Å². The monoisotopic (exact) mass is 366 g/mol. The molecule has 0 aliphatic rings. The second kappa shape index (κ2) is 7.81. The molecule has 0 aromatic heterocycles. The number of nitrogens with one attached hydrogen (secondary N) is 1. The first-order valence-corrected chi connectivity index (χ1v) is 7.27. The van der Waals surface area contributed by atoms with Crippen molar-refractivity contribution >= 4 is 39.7 Å². The largest absolute Gasteiger partial charge is 0.483 e. The van der Waals surface area contributed by atoms with Crippen LogP contribution in [0.15, 0.2) is 58.1 Å². The van der Waals surface area contributed by atoms with E-state index in [9.17, 15) is 4.79 Å². The van der Waals surface area contributed by atoms with E-state index >= 15 is 0 Å². The van der Waals surface area contributed by atoms with Gasteiger partial charge in [-0.3, -0.25) is 4.79 Å². The fourth-order valence-electron chi connectivity index (χ4n) is 1.47. The van der Waals surface area contributed by atoms with Crippen molar-refractivity contribution in [2.45, 2.75) is 0 Å². The Morgan fingerprint density at radius 1 is 1.24 bits per heavy atom. The Morgan fingerprint density at radius 2 is 1.95 bits per heavy atom. The van der Waals surface area contributed by atoms with E-state index in [0.29, 0.717) is 10.8 Å². The Morgan fingerprint density at radius 3 is 2.67 bits per heavy atom. The molecule has 0 spiro atoms. The summed E-state index contributed by atoms with van der Waals surface area (Å²) >= 11 is 9.11. The van der Waals surface area contributed by atoms with Gasteiger partial charge >= 0.3 is 0 Å². The molecule has 1 N–H and O–H groups in total. The smallest absolute Gasteiger partial charge is 0.277 e. The quantitative estimate of drug-likeness (QED) is 0.648. The Labute approximate surface area is 135 Å². The molecular formula is C15H12BrClN2O2. The lowest BCUT2D eigenvalue weighted by molar-refractivity contribution is -0.123. The third kappa shape index (κ3) is 5.21. The number of carbonyl (C=O) groups is 1. The molecule has 4 nitrogen and oxygen atoms in total. The lowest BCUT2D eigenvalue weighted by atomic mass is 10.2. The van der Waals surface area contributed by atoms with Gasteiger partial charge in [0, 0.05) is 5.02 Å². The van der Waals surface area contributed by atoms with Crippen molar-refractivity contribution in [1.29, 1.82) is 0 Å². The molecular weight excluding hydrogens is 356 g/mol. The van der Waals surface area contributed by atoms with Crippen LogP contribution in [0.4, 0.5) is 0 Å². The topological polar surface area (TPSA) is 50.7 Å². The van der Waals surface area contributed by atoms with Crippen molar-refractivity contribution < 1.29 is 9.53 Å². The number of nitrogens with zero attached hydrogens (tertiary/aromatic N) is 1. The summed E-state index contributed by atoms with van der Waals surface area (Å²) in [6.07, 6.45) is 1.53. The highest BCUT2D eigenvalue weighted by Crippen LogP contribution is 2.23. The maximum Gasteiger partial charge on any atom is 0.277 e. The Kier molecular flexibility index (Phi) is 5.78. The molecule has 21 heavy (non-hydrogen) atoms. The summed E-state index contributed by atoms with van der Waals surface area (Å²) in [5, 5.41) is 4.50. The molecule has 2 rings (SSSR count). The van der Waals surface area contributed by atoms with E-state index in [1.165, 1.54) is 6.21 Å². The summed E-state index contributed by atoms with van der Waals surface area (Å²) in [6.45, 7) is -0.111. The van der Waals surface area contributed by atoms with Gasteiger partial charge in [0.25, 0.3) is 5.91 Å². The van der Waals surface area contributed by atoms with E-state index in [2.05, 4.69) is 26.5 Å². The number of para-hydroxylation sites is 1. The molecule has 0 radical (unpaired) electrons. The number of ether oxygens (including phenoxy) is 1. The van der Waals surface area contributed by atoms with Gasteiger partial charge in [0.15, 0.2) is 6.61 Å². The Hall–Kier alpha value is -1.85. The lowest BCUT2D eigenvalue weighted by Gasteiger charge is -2.06. The summed E-state index contributed by atoms with van der Waals surface area (Å²) in [4.78, 5) is 11.6. The molecule has 0 heterocycles. The molecule has 0 unspecified atom stereocenters. The molecule has 108 valence electrons. The van der Waals surface area contributed by atoms with Crippen LogP contribution in [0.3, 0.4) is 0 Å². The van der Waals surface area contributed by atoms with Crippen molar-refractivity contribution in [2.24, 2.45) is 5.10 Å². The van der Waals surface area contributed by atoms with Gasteiger partial charge in [0.2, 0.25) is 0 Å². The number of hydrogen-bond acceptors (Lipinski definition) is 3. The predicted octanol–water partition coefficient (Wildman–Crippen LogP) is 3.63. The number of rotatable bonds is 5. The van der Waals surface area contributed by atoms with Gasteiger partial charge in [-0.05, 0) is 45.8 Å². The standard InChI is InChI=1S/C15H12BrClN2O2/c16-13-3-1-2-4-14(13)21-10-15(20)19-18-9-11-5-7-12(17)8-6-11/h1-9H,10H2,(H,19,20). The lowest BCUT2D eigenvalue weighted by Crippen LogP contribution is -2.24. The van der Waals surface area contributed by atoms with Gasteiger partial charge < -0.3 is 4.74 Å². The minimum Gasteiger partial charge on any atom is -0.483 e. The number of hydrazone groups is 1. The van der Waals surface area contributed by atoms with Crippen LogP contribution in [0, 0.1) is 0 Å². The molecule has 0 saturated carbocycles. The summed E-state index contributed by atoms with van der Waals surface area (Å²) in [5.74, 6) is 0.269. The fraction of sp³-hybridized carbons (Fsp3) is 0.0667. The highest BCUT2D eigenvalue weighted by molar-refractivity contribution is 9.10. The number of hydrogen-bond donors (Lipinski definition) is 1. The summed E-state index contributed by atoms with van der Waals surface area (Å²) in [5.41, 5.74) is 3.23. The van der Waals surface area contributed by atoms with Crippen molar-refractivity contribution in [2.75, 3.05) is 6.61 Å². The molecule has 0 aliphatic heterocycles. The first kappa shape index (κ1) is 15.5. The third-order valence-electron chi connectivity index (χ3n) is 2.47. The molecule has 0 saturated heterocycles.